The number of nitrogens with one attached hydrogen (secondary N) is 2. The highest BCUT2D eigenvalue weighted by Gasteiger charge is 2.25. The number of hydrogen-bond acceptors (Lipinski definition) is 4. The minimum absolute atomic E-state index is 0. The third-order valence-electron chi connectivity index (χ3n) is 4.49. The van der Waals surface area contributed by atoms with Gasteiger partial charge in [-0.1, -0.05) is 12.1 Å². The van der Waals surface area contributed by atoms with Gasteiger partial charge in [0.1, 0.15) is 5.75 Å². The molecular formula is C20H27FIN5O. The van der Waals surface area contributed by atoms with Crippen LogP contribution in [0, 0.1) is 5.82 Å². The van der Waals surface area contributed by atoms with Gasteiger partial charge in [0.2, 0.25) is 0 Å². The zero-order chi connectivity index (χ0) is 19.1. The van der Waals surface area contributed by atoms with E-state index in [-0.39, 0.29) is 35.8 Å². The fraction of sp³-hybridized carbons (Fsp3) is 0.400. The highest BCUT2D eigenvalue weighted by Crippen LogP contribution is 2.20. The lowest BCUT2D eigenvalue weighted by Crippen LogP contribution is -2.44. The van der Waals surface area contributed by atoms with Crippen molar-refractivity contribution in [1.29, 1.82) is 0 Å². The van der Waals surface area contributed by atoms with E-state index in [4.69, 9.17) is 4.74 Å². The van der Waals surface area contributed by atoms with Crippen LogP contribution in [0.5, 0.6) is 5.75 Å². The van der Waals surface area contributed by atoms with Crippen molar-refractivity contribution < 1.29 is 9.13 Å². The molecule has 0 amide bonds. The average Bonchev–Trinajstić information content (AvgIpc) is 3.15. The van der Waals surface area contributed by atoms with E-state index < -0.39 is 0 Å². The Bertz CT molecular complexity index is 771. The summed E-state index contributed by atoms with van der Waals surface area (Å²) in [4.78, 5) is 10.8. The van der Waals surface area contributed by atoms with Crippen molar-refractivity contribution in [2.75, 3.05) is 31.6 Å². The van der Waals surface area contributed by atoms with Crippen LogP contribution in [-0.4, -0.2) is 43.7 Å². The van der Waals surface area contributed by atoms with Crippen molar-refractivity contribution in [1.82, 2.24) is 15.6 Å². The van der Waals surface area contributed by atoms with E-state index in [1.54, 1.807) is 19.4 Å². The van der Waals surface area contributed by atoms with Crippen LogP contribution in [0.1, 0.15) is 18.9 Å². The molecule has 152 valence electrons. The second-order valence-corrected chi connectivity index (χ2v) is 6.43. The maximum atomic E-state index is 13.9. The largest absolute Gasteiger partial charge is 0.497 e. The van der Waals surface area contributed by atoms with Crippen molar-refractivity contribution in [2.45, 2.75) is 25.9 Å². The molecule has 1 saturated heterocycles. The topological polar surface area (TPSA) is 61.8 Å². The molecule has 2 N–H and O–H groups in total. The Morgan fingerprint density at radius 1 is 1.32 bits per heavy atom. The van der Waals surface area contributed by atoms with Crippen LogP contribution in [0.15, 0.2) is 47.6 Å². The fourth-order valence-corrected chi connectivity index (χ4v) is 3.10. The Morgan fingerprint density at radius 2 is 2.11 bits per heavy atom. The zero-order valence-corrected chi connectivity index (χ0v) is 18.5. The van der Waals surface area contributed by atoms with Crippen LogP contribution in [-0.2, 0) is 6.54 Å². The molecule has 1 aliphatic heterocycles. The molecule has 3 rings (SSSR count). The molecule has 1 aromatic carbocycles. The predicted molar refractivity (Wildman–Crippen MR) is 121 cm³/mol. The molecule has 28 heavy (non-hydrogen) atoms. The van der Waals surface area contributed by atoms with E-state index in [1.165, 1.54) is 6.07 Å². The average molecular weight is 499 g/mol. The molecule has 1 unspecified atom stereocenters. The van der Waals surface area contributed by atoms with E-state index >= 15 is 0 Å². The predicted octanol–water partition coefficient (Wildman–Crippen LogP) is 3.18. The van der Waals surface area contributed by atoms with E-state index in [0.717, 1.165) is 36.8 Å². The first kappa shape index (κ1) is 22.2. The van der Waals surface area contributed by atoms with Gasteiger partial charge in [-0.3, -0.25) is 0 Å². The van der Waals surface area contributed by atoms with Crippen LogP contribution in [0.4, 0.5) is 10.2 Å². The van der Waals surface area contributed by atoms with E-state index in [2.05, 4.69) is 20.6 Å². The number of guanidine groups is 1. The third kappa shape index (κ3) is 5.95. The molecule has 2 heterocycles. The van der Waals surface area contributed by atoms with E-state index in [1.807, 2.05) is 36.1 Å². The maximum absolute atomic E-state index is 13.9. The van der Waals surface area contributed by atoms with Gasteiger partial charge < -0.3 is 20.3 Å². The van der Waals surface area contributed by atoms with Gasteiger partial charge in [0.15, 0.2) is 17.6 Å². The minimum atomic E-state index is -0.279. The van der Waals surface area contributed by atoms with Crippen LogP contribution in [0.2, 0.25) is 0 Å². The van der Waals surface area contributed by atoms with Crippen molar-refractivity contribution in [3.63, 3.8) is 0 Å². The van der Waals surface area contributed by atoms with Crippen molar-refractivity contribution >= 4 is 35.8 Å². The lowest BCUT2D eigenvalue weighted by molar-refractivity contribution is 0.414. The number of ether oxygens (including phenoxy) is 1. The smallest absolute Gasteiger partial charge is 0.191 e. The zero-order valence-electron chi connectivity index (χ0n) is 16.2. The monoisotopic (exact) mass is 499 g/mol. The van der Waals surface area contributed by atoms with Gasteiger partial charge in [-0.25, -0.2) is 14.4 Å². The molecule has 1 aliphatic rings. The Kier molecular flexibility index (Phi) is 8.75. The first-order chi connectivity index (χ1) is 13.2. The standard InChI is InChI=1S/C20H26FN5O.HI/c1-3-22-20(24-13-15-6-8-17(27-2)9-7-15)25-16-10-12-26(14-16)19-18(21)5-4-11-23-19;/h4-9,11,16H,3,10,12-14H2,1-2H3,(H2,22,24,25);1H. The number of aliphatic imine (C=N–C) groups is 1. The molecule has 2 aromatic rings. The highest BCUT2D eigenvalue weighted by molar-refractivity contribution is 14.0. The Balaban J connectivity index is 0.00000280. The lowest BCUT2D eigenvalue weighted by atomic mass is 10.2. The summed E-state index contributed by atoms with van der Waals surface area (Å²) in [5.74, 6) is 1.74. The summed E-state index contributed by atoms with van der Waals surface area (Å²) in [5.41, 5.74) is 1.11. The number of methoxy groups -OCH3 is 1. The fourth-order valence-electron chi connectivity index (χ4n) is 3.10. The summed E-state index contributed by atoms with van der Waals surface area (Å²) in [6, 6.07) is 11.1. The molecule has 1 fully saturated rings. The molecule has 8 heteroatoms. The Labute approximate surface area is 182 Å². The molecule has 0 radical (unpaired) electrons. The first-order valence-corrected chi connectivity index (χ1v) is 9.23. The summed E-state index contributed by atoms with van der Waals surface area (Å²) in [6.07, 6.45) is 2.53. The van der Waals surface area contributed by atoms with Crippen molar-refractivity contribution in [3.8, 4) is 5.75 Å². The number of aromatic nitrogens is 1. The summed E-state index contributed by atoms with van der Waals surface area (Å²) < 4.78 is 19.1. The number of hydrogen-bond donors (Lipinski definition) is 2. The van der Waals surface area contributed by atoms with Gasteiger partial charge in [0.25, 0.3) is 0 Å². The number of halogens is 2. The number of pyridine rings is 1. The third-order valence-corrected chi connectivity index (χ3v) is 4.49. The summed E-state index contributed by atoms with van der Waals surface area (Å²) in [7, 11) is 1.65. The van der Waals surface area contributed by atoms with E-state index in [0.29, 0.717) is 18.9 Å². The molecule has 6 nitrogen and oxygen atoms in total. The molecule has 1 atom stereocenters. The second kappa shape index (κ2) is 11.0. The Morgan fingerprint density at radius 3 is 2.79 bits per heavy atom. The van der Waals surface area contributed by atoms with Crippen LogP contribution < -0.4 is 20.3 Å². The van der Waals surface area contributed by atoms with Gasteiger partial charge in [0, 0.05) is 31.9 Å². The lowest BCUT2D eigenvalue weighted by Gasteiger charge is -2.20. The summed E-state index contributed by atoms with van der Waals surface area (Å²) in [5, 5.41) is 6.73. The maximum Gasteiger partial charge on any atom is 0.191 e. The quantitative estimate of drug-likeness (QED) is 0.363. The molecule has 0 bridgehead atoms. The van der Waals surface area contributed by atoms with Crippen LogP contribution in [0.25, 0.3) is 0 Å². The second-order valence-electron chi connectivity index (χ2n) is 6.43. The Hall–Kier alpha value is -2.10. The van der Waals surface area contributed by atoms with Crippen molar-refractivity contribution in [2.24, 2.45) is 4.99 Å². The van der Waals surface area contributed by atoms with Gasteiger partial charge in [-0.2, -0.15) is 0 Å². The molecule has 0 aliphatic carbocycles. The number of benzene rings is 1. The minimum Gasteiger partial charge on any atom is -0.497 e. The molecule has 1 aromatic heterocycles. The van der Waals surface area contributed by atoms with Gasteiger partial charge in [-0.15, -0.1) is 24.0 Å². The van der Waals surface area contributed by atoms with Crippen molar-refractivity contribution in [3.05, 3.63) is 54.0 Å². The number of anilines is 1. The van der Waals surface area contributed by atoms with Crippen LogP contribution >= 0.6 is 24.0 Å². The normalized spacial score (nSPS) is 16.5. The summed E-state index contributed by atoms with van der Waals surface area (Å²) in [6.45, 7) is 4.85. The van der Waals surface area contributed by atoms with Gasteiger partial charge in [0.05, 0.1) is 13.7 Å². The van der Waals surface area contributed by atoms with E-state index in [9.17, 15) is 4.39 Å². The SMILES string of the molecule is CCNC(=NCc1ccc(OC)cc1)NC1CCN(c2ncccc2F)C1.I. The summed E-state index contributed by atoms with van der Waals surface area (Å²) >= 11 is 0. The highest BCUT2D eigenvalue weighted by atomic mass is 127. The molecule has 0 saturated carbocycles. The van der Waals surface area contributed by atoms with Gasteiger partial charge >= 0.3 is 0 Å². The van der Waals surface area contributed by atoms with Crippen LogP contribution in [0.3, 0.4) is 0 Å². The molecule has 0 spiro atoms. The number of rotatable bonds is 6. The molecular weight excluding hydrogens is 472 g/mol. The number of nitrogens with zero attached hydrogens (tertiary/aromatic N) is 3. The first-order valence-electron chi connectivity index (χ1n) is 9.23. The van der Waals surface area contributed by atoms with Gasteiger partial charge in [-0.05, 0) is 43.2 Å².